The van der Waals surface area contributed by atoms with Crippen molar-refractivity contribution in [3.05, 3.63) is 82.9 Å². The van der Waals surface area contributed by atoms with Crippen LogP contribution in [0.15, 0.2) is 71.8 Å². The maximum Gasteiger partial charge on any atom is 0.338 e. The predicted molar refractivity (Wildman–Crippen MR) is 212 cm³/mol. The van der Waals surface area contributed by atoms with E-state index < -0.39 is 88.3 Å². The zero-order chi connectivity index (χ0) is 41.6. The Kier molecular flexibility index (Phi) is 10.4. The lowest BCUT2D eigenvalue weighted by Crippen LogP contribution is -2.78. The third-order valence-electron chi connectivity index (χ3n) is 14.0. The van der Waals surface area contributed by atoms with E-state index in [9.17, 15) is 9.90 Å². The van der Waals surface area contributed by atoms with Gasteiger partial charge in [0.15, 0.2) is 24.0 Å². The van der Waals surface area contributed by atoms with Gasteiger partial charge in [-0.15, -0.1) is 0 Å². The molecule has 8 rings (SSSR count). The van der Waals surface area contributed by atoms with Crippen molar-refractivity contribution >= 4 is 11.9 Å². The number of nitrogens with one attached hydrogen (secondary N) is 1. The van der Waals surface area contributed by atoms with E-state index >= 15 is 4.79 Å². The van der Waals surface area contributed by atoms with Crippen LogP contribution in [0.25, 0.3) is 0 Å². The maximum absolute atomic E-state index is 15.1. The number of esters is 1. The lowest BCUT2D eigenvalue weighted by molar-refractivity contribution is -0.335. The van der Waals surface area contributed by atoms with E-state index in [2.05, 4.69) is 26.1 Å². The second-order valence-corrected chi connectivity index (χ2v) is 18.9. The minimum Gasteiger partial charge on any atom is -0.456 e. The van der Waals surface area contributed by atoms with Crippen LogP contribution in [-0.4, -0.2) is 95.9 Å². The van der Waals surface area contributed by atoms with Crippen LogP contribution in [0.3, 0.4) is 0 Å². The van der Waals surface area contributed by atoms with Crippen LogP contribution in [0, 0.1) is 16.7 Å². The molecule has 3 aliphatic heterocycles. The summed E-state index contributed by atoms with van der Waals surface area (Å²) in [6.07, 6.45) is -3.39. The van der Waals surface area contributed by atoms with Gasteiger partial charge in [0.1, 0.15) is 23.4 Å². The van der Waals surface area contributed by atoms with Gasteiger partial charge in [-0.1, -0.05) is 69.3 Å². The van der Waals surface area contributed by atoms with Crippen LogP contribution in [-0.2, 0) is 42.7 Å². The number of fused-ring (bicyclic) bond motifs is 8. The normalized spacial score (nSPS) is 38.0. The summed E-state index contributed by atoms with van der Waals surface area (Å²) in [5.74, 6) is -3.55. The molecule has 1 unspecified atom stereocenters. The fourth-order valence-electron chi connectivity index (χ4n) is 11.5. The molecule has 2 aromatic carbocycles. The largest absolute Gasteiger partial charge is 0.456 e. The Balaban J connectivity index is 1.25. The second-order valence-electron chi connectivity index (χ2n) is 18.9. The predicted octanol–water partition coefficient (Wildman–Crippen LogP) is 6.55. The number of hydrogen-bond acceptors (Lipinski definition) is 11. The molecule has 6 aliphatic rings. The molecule has 0 aromatic heterocycles. The third kappa shape index (κ3) is 6.57. The fourth-order valence-corrected chi connectivity index (χ4v) is 11.5. The Morgan fingerprint density at radius 2 is 1.57 bits per heavy atom. The van der Waals surface area contributed by atoms with Crippen LogP contribution < -0.4 is 5.32 Å². The molecule has 1 amide bonds. The van der Waals surface area contributed by atoms with Gasteiger partial charge in [-0.25, -0.2) is 4.79 Å². The topological polar surface area (TPSA) is 140 Å². The molecule has 5 fully saturated rings. The lowest BCUT2D eigenvalue weighted by atomic mass is 9.45. The first-order valence-electron chi connectivity index (χ1n) is 20.9. The van der Waals surface area contributed by atoms with E-state index in [0.717, 1.165) is 17.6 Å². The van der Waals surface area contributed by atoms with E-state index in [-0.39, 0.29) is 25.0 Å². The Labute approximate surface area is 342 Å². The third-order valence-corrected chi connectivity index (χ3v) is 14.0. The van der Waals surface area contributed by atoms with E-state index in [1.165, 1.54) is 0 Å². The van der Waals surface area contributed by atoms with Crippen LogP contribution >= 0.6 is 0 Å². The summed E-state index contributed by atoms with van der Waals surface area (Å²) < 4.78 is 53.2. The molecule has 12 heteroatoms. The number of rotatable bonds is 10. The summed E-state index contributed by atoms with van der Waals surface area (Å²) in [5.41, 5.74) is -0.835. The molecule has 316 valence electrons. The van der Waals surface area contributed by atoms with Crippen molar-refractivity contribution < 1.29 is 52.6 Å². The molecular formula is C46H61NO11. The van der Waals surface area contributed by atoms with Gasteiger partial charge >= 0.3 is 5.97 Å². The number of carbonyl (C=O) groups is 2. The maximum atomic E-state index is 15.1. The first-order valence-corrected chi connectivity index (χ1v) is 20.9. The van der Waals surface area contributed by atoms with Gasteiger partial charge in [0.05, 0.1) is 31.0 Å². The molecule has 2 N–H and O–H groups in total. The van der Waals surface area contributed by atoms with E-state index in [4.69, 9.17) is 37.9 Å². The van der Waals surface area contributed by atoms with Gasteiger partial charge in [-0.2, -0.15) is 0 Å². The highest BCUT2D eigenvalue weighted by Gasteiger charge is 2.78. The number of aliphatic hydroxyl groups is 1. The Bertz CT molecular complexity index is 1920. The van der Waals surface area contributed by atoms with Crippen molar-refractivity contribution in [3.63, 3.8) is 0 Å². The van der Waals surface area contributed by atoms with Crippen molar-refractivity contribution in [1.29, 1.82) is 0 Å². The van der Waals surface area contributed by atoms with E-state index in [1.807, 2.05) is 77.9 Å². The molecule has 3 saturated heterocycles. The van der Waals surface area contributed by atoms with Crippen LogP contribution in [0.2, 0.25) is 0 Å². The lowest BCUT2D eigenvalue weighted by Gasteiger charge is -2.67. The zero-order valence-electron chi connectivity index (χ0n) is 35.5. The SMILES string of the molecule is CCOC(C)O[C@@H](C(=O)O[C@H]1C[C@@]23OC(C)(C)O[C@H]2[C@H]2[C@@](C)(CC[C@H]4OC[C@]42O)[C@H]2OC(C)(C)O[C@@H]2C(=C1C)C3(C)C)[C@@H](NC(=O)c1ccccc1)c1ccccc1. The smallest absolute Gasteiger partial charge is 0.338 e. The van der Waals surface area contributed by atoms with E-state index in [0.29, 0.717) is 24.2 Å². The van der Waals surface area contributed by atoms with E-state index in [1.54, 1.807) is 31.2 Å². The second kappa shape index (κ2) is 14.5. The van der Waals surface area contributed by atoms with Crippen LogP contribution in [0.1, 0.15) is 110 Å². The molecule has 2 saturated carbocycles. The minimum absolute atomic E-state index is 0.170. The highest BCUT2D eigenvalue weighted by molar-refractivity contribution is 5.95. The standard InChI is InChI=1S/C46H61NO11/c1-11-51-27(3)53-35(33(28-18-14-12-15-19-28)47-39(48)29-20-16-13-17-21-29)40(49)54-30-24-46-38(57-43(8,9)58-46)36-44(10,23-22-31-45(36,50)25-52-31)37-34(55-42(6,7)56-37)32(26(30)2)41(46,4)5/h12-21,27,30-31,33-38,50H,11,22-25H2,1-10H3,(H,47,48)/t27?,30-,31+,33-,34+,35+,36-,37-,38-,44+,45-,46+/m0/s1. The molecule has 58 heavy (non-hydrogen) atoms. The summed E-state index contributed by atoms with van der Waals surface area (Å²) in [5, 5.41) is 15.8. The van der Waals surface area contributed by atoms with Crippen molar-refractivity contribution in [2.75, 3.05) is 13.2 Å². The van der Waals surface area contributed by atoms with Gasteiger partial charge in [0.2, 0.25) is 0 Å². The summed E-state index contributed by atoms with van der Waals surface area (Å²) in [6, 6.07) is 17.1. The molecule has 1 spiro atoms. The first kappa shape index (κ1) is 41.5. The van der Waals surface area contributed by atoms with Gasteiger partial charge in [-0.05, 0) is 90.2 Å². The highest BCUT2D eigenvalue weighted by Crippen LogP contribution is 2.69. The molecule has 2 bridgehead atoms. The number of benzene rings is 2. The summed E-state index contributed by atoms with van der Waals surface area (Å²) in [7, 11) is 0. The van der Waals surface area contributed by atoms with Crippen molar-refractivity contribution in [3.8, 4) is 0 Å². The summed E-state index contributed by atoms with van der Waals surface area (Å²) >= 11 is 0. The zero-order valence-corrected chi connectivity index (χ0v) is 35.5. The number of ether oxygens (including phenoxy) is 8. The van der Waals surface area contributed by atoms with Gasteiger partial charge in [-0.3, -0.25) is 4.79 Å². The Hall–Kier alpha value is -3.20. The Morgan fingerprint density at radius 1 is 0.914 bits per heavy atom. The molecule has 3 heterocycles. The molecular weight excluding hydrogens is 743 g/mol. The number of carbonyl (C=O) groups excluding carboxylic acids is 2. The molecule has 2 aromatic rings. The average molecular weight is 804 g/mol. The van der Waals surface area contributed by atoms with Crippen LogP contribution in [0.5, 0.6) is 0 Å². The quantitative estimate of drug-likeness (QED) is 0.154. The molecule has 0 radical (unpaired) electrons. The van der Waals surface area contributed by atoms with Crippen molar-refractivity contribution in [2.45, 2.75) is 160 Å². The highest BCUT2D eigenvalue weighted by atomic mass is 16.8. The molecule has 3 aliphatic carbocycles. The van der Waals surface area contributed by atoms with Gasteiger partial charge < -0.3 is 48.3 Å². The minimum atomic E-state index is -1.33. The summed E-state index contributed by atoms with van der Waals surface area (Å²) in [6.45, 7) is 20.2. The van der Waals surface area contributed by atoms with Crippen LogP contribution in [0.4, 0.5) is 0 Å². The van der Waals surface area contributed by atoms with Crippen molar-refractivity contribution in [1.82, 2.24) is 5.32 Å². The van der Waals surface area contributed by atoms with Gasteiger partial charge in [0, 0.05) is 35.3 Å². The fraction of sp³-hybridized carbons (Fsp3) is 0.652. The summed E-state index contributed by atoms with van der Waals surface area (Å²) in [4.78, 5) is 28.9. The average Bonchev–Trinajstić information content (AvgIpc) is 3.63. The monoisotopic (exact) mass is 803 g/mol. The number of amides is 1. The Morgan fingerprint density at radius 3 is 2.21 bits per heavy atom. The van der Waals surface area contributed by atoms with Crippen molar-refractivity contribution in [2.24, 2.45) is 16.7 Å². The first-order chi connectivity index (χ1) is 27.3. The molecule has 12 atom stereocenters. The molecule has 12 nitrogen and oxygen atoms in total. The van der Waals surface area contributed by atoms with Gasteiger partial charge in [0.25, 0.3) is 5.91 Å². The number of hydrogen-bond donors (Lipinski definition) is 2.